The van der Waals surface area contributed by atoms with Crippen LogP contribution in [0.1, 0.15) is 27.2 Å². The van der Waals surface area contributed by atoms with Gasteiger partial charge in [0.05, 0.1) is 12.2 Å². The van der Waals surface area contributed by atoms with Gasteiger partial charge in [0, 0.05) is 19.6 Å². The van der Waals surface area contributed by atoms with Gasteiger partial charge in [-0.15, -0.1) is 0 Å². The molecule has 0 saturated carbocycles. The third-order valence-electron chi connectivity index (χ3n) is 2.95. The third-order valence-corrected chi connectivity index (χ3v) is 2.95. The van der Waals surface area contributed by atoms with Gasteiger partial charge in [-0.1, -0.05) is 0 Å². The minimum absolute atomic E-state index is 0.315. The molecule has 7 heteroatoms. The first-order valence-electron chi connectivity index (χ1n) is 6.64. The minimum Gasteiger partial charge on any atom is -0.464 e. The Morgan fingerprint density at radius 3 is 2.74 bits per heavy atom. The number of β-amino-alcohol motifs (C(OH)–C–C–N with tert-alkyl or cyclic N) is 1. The molecular weight excluding hydrogens is 246 g/mol. The van der Waals surface area contributed by atoms with Crippen LogP contribution in [0.5, 0.6) is 6.01 Å². The maximum absolute atomic E-state index is 10.0. The van der Waals surface area contributed by atoms with Crippen molar-refractivity contribution in [3.63, 3.8) is 0 Å². The molecule has 0 amide bonds. The number of hydrogen-bond donors (Lipinski definition) is 2. The van der Waals surface area contributed by atoms with Crippen LogP contribution in [0.15, 0.2) is 0 Å². The van der Waals surface area contributed by atoms with Crippen molar-refractivity contribution < 1.29 is 9.84 Å². The van der Waals surface area contributed by atoms with Crippen molar-refractivity contribution in [1.82, 2.24) is 15.0 Å². The smallest absolute Gasteiger partial charge is 0.323 e. The molecule has 2 heterocycles. The van der Waals surface area contributed by atoms with Crippen molar-refractivity contribution in [2.45, 2.75) is 32.8 Å². The van der Waals surface area contributed by atoms with Crippen LogP contribution in [0, 0.1) is 0 Å². The zero-order chi connectivity index (χ0) is 13.9. The summed E-state index contributed by atoms with van der Waals surface area (Å²) in [5.74, 6) is 1.05. The molecule has 1 aliphatic rings. The van der Waals surface area contributed by atoms with Gasteiger partial charge >= 0.3 is 6.01 Å². The van der Waals surface area contributed by atoms with Gasteiger partial charge in [-0.05, 0) is 27.2 Å². The van der Waals surface area contributed by atoms with Crippen LogP contribution in [-0.2, 0) is 0 Å². The van der Waals surface area contributed by atoms with Crippen molar-refractivity contribution in [3.8, 4) is 6.01 Å². The van der Waals surface area contributed by atoms with Crippen molar-refractivity contribution >= 4 is 11.9 Å². The van der Waals surface area contributed by atoms with E-state index in [9.17, 15) is 5.11 Å². The van der Waals surface area contributed by atoms with Crippen LogP contribution in [-0.4, -0.2) is 51.9 Å². The molecule has 1 unspecified atom stereocenters. The average Bonchev–Trinajstić information content (AvgIpc) is 2.70. The quantitative estimate of drug-likeness (QED) is 0.811. The van der Waals surface area contributed by atoms with Crippen molar-refractivity contribution in [1.29, 1.82) is 0 Å². The highest BCUT2D eigenvalue weighted by molar-refractivity contribution is 5.40. The van der Waals surface area contributed by atoms with E-state index in [0.717, 1.165) is 13.1 Å². The van der Waals surface area contributed by atoms with Crippen LogP contribution >= 0.6 is 0 Å². The molecule has 1 aromatic rings. The molecule has 1 atom stereocenters. The maximum Gasteiger partial charge on any atom is 0.323 e. The summed E-state index contributed by atoms with van der Waals surface area (Å²) >= 11 is 0. The number of hydrogen-bond acceptors (Lipinski definition) is 7. The Kier molecular flexibility index (Phi) is 4.04. The lowest BCUT2D eigenvalue weighted by Crippen LogP contribution is -2.30. The normalized spacial score (nSPS) is 22.6. The zero-order valence-corrected chi connectivity index (χ0v) is 11.7. The molecule has 2 rings (SSSR count). The van der Waals surface area contributed by atoms with E-state index in [1.807, 2.05) is 25.7 Å². The van der Waals surface area contributed by atoms with Gasteiger partial charge < -0.3 is 20.1 Å². The number of nitrogens with zero attached hydrogens (tertiary/aromatic N) is 4. The predicted molar refractivity (Wildman–Crippen MR) is 72.6 cm³/mol. The molecule has 106 valence electrons. The van der Waals surface area contributed by atoms with E-state index < -0.39 is 5.60 Å². The van der Waals surface area contributed by atoms with E-state index >= 15 is 0 Å². The number of aromatic nitrogens is 3. The SMILES string of the molecule is CCNc1nc(OCC)nc(N2CCC(C)(O)C2)n1. The second-order valence-electron chi connectivity index (χ2n) is 4.87. The Morgan fingerprint density at radius 1 is 1.37 bits per heavy atom. The summed E-state index contributed by atoms with van der Waals surface area (Å²) in [7, 11) is 0. The van der Waals surface area contributed by atoms with E-state index in [0.29, 0.717) is 37.5 Å². The van der Waals surface area contributed by atoms with Crippen molar-refractivity contribution in [2.75, 3.05) is 36.5 Å². The lowest BCUT2D eigenvalue weighted by molar-refractivity contribution is 0.0838. The Morgan fingerprint density at radius 2 is 2.16 bits per heavy atom. The predicted octanol–water partition coefficient (Wildman–Crippen LogP) is 0.663. The summed E-state index contributed by atoms with van der Waals surface area (Å²) in [5.41, 5.74) is -0.684. The minimum atomic E-state index is -0.684. The fraction of sp³-hybridized carbons (Fsp3) is 0.750. The van der Waals surface area contributed by atoms with E-state index in [4.69, 9.17) is 4.74 Å². The van der Waals surface area contributed by atoms with E-state index in [1.165, 1.54) is 0 Å². The topological polar surface area (TPSA) is 83.4 Å². The highest BCUT2D eigenvalue weighted by Crippen LogP contribution is 2.25. The summed E-state index contributed by atoms with van der Waals surface area (Å²) in [4.78, 5) is 14.8. The van der Waals surface area contributed by atoms with Gasteiger partial charge in [-0.25, -0.2) is 0 Å². The highest BCUT2D eigenvalue weighted by Gasteiger charge is 2.33. The number of ether oxygens (including phenoxy) is 1. The first kappa shape index (κ1) is 13.8. The van der Waals surface area contributed by atoms with Crippen molar-refractivity contribution in [3.05, 3.63) is 0 Å². The van der Waals surface area contributed by atoms with Crippen LogP contribution in [0.3, 0.4) is 0 Å². The molecule has 1 fully saturated rings. The Hall–Kier alpha value is -1.63. The molecule has 1 saturated heterocycles. The van der Waals surface area contributed by atoms with Gasteiger partial charge in [-0.3, -0.25) is 0 Å². The van der Waals surface area contributed by atoms with Crippen LogP contribution in [0.25, 0.3) is 0 Å². The molecule has 0 radical (unpaired) electrons. The summed E-state index contributed by atoms with van der Waals surface area (Å²) in [6.07, 6.45) is 0.708. The largest absolute Gasteiger partial charge is 0.464 e. The molecule has 19 heavy (non-hydrogen) atoms. The fourth-order valence-electron chi connectivity index (χ4n) is 2.03. The third kappa shape index (κ3) is 3.44. The Labute approximate surface area is 113 Å². The molecule has 0 bridgehead atoms. The van der Waals surface area contributed by atoms with Crippen LogP contribution in [0.2, 0.25) is 0 Å². The highest BCUT2D eigenvalue weighted by atomic mass is 16.5. The number of anilines is 2. The van der Waals surface area contributed by atoms with Gasteiger partial charge in [-0.2, -0.15) is 15.0 Å². The molecule has 0 spiro atoms. The lowest BCUT2D eigenvalue weighted by atomic mass is 10.1. The molecule has 0 aromatic carbocycles. The second-order valence-corrected chi connectivity index (χ2v) is 4.87. The van der Waals surface area contributed by atoms with Gasteiger partial charge in [0.25, 0.3) is 0 Å². The Balaban J connectivity index is 2.23. The van der Waals surface area contributed by atoms with Crippen molar-refractivity contribution in [2.24, 2.45) is 0 Å². The second kappa shape index (κ2) is 5.56. The van der Waals surface area contributed by atoms with Gasteiger partial charge in [0.1, 0.15) is 0 Å². The molecule has 7 nitrogen and oxygen atoms in total. The van der Waals surface area contributed by atoms with Crippen LogP contribution in [0.4, 0.5) is 11.9 Å². The first-order chi connectivity index (χ1) is 9.04. The lowest BCUT2D eigenvalue weighted by Gasteiger charge is -2.19. The summed E-state index contributed by atoms with van der Waals surface area (Å²) in [6, 6.07) is 0.315. The number of nitrogens with one attached hydrogen (secondary N) is 1. The molecular formula is C12H21N5O2. The first-order valence-corrected chi connectivity index (χ1v) is 6.64. The molecule has 1 aliphatic heterocycles. The van der Waals surface area contributed by atoms with E-state index in [2.05, 4.69) is 20.3 Å². The summed E-state index contributed by atoms with van der Waals surface area (Å²) in [6.45, 7) is 8.17. The van der Waals surface area contributed by atoms with Gasteiger partial charge in [0.15, 0.2) is 0 Å². The molecule has 1 aromatic heterocycles. The molecule has 0 aliphatic carbocycles. The molecule has 2 N–H and O–H groups in total. The van der Waals surface area contributed by atoms with Crippen LogP contribution < -0.4 is 15.0 Å². The summed E-state index contributed by atoms with van der Waals surface area (Å²) in [5, 5.41) is 13.1. The number of rotatable bonds is 5. The monoisotopic (exact) mass is 267 g/mol. The number of aliphatic hydroxyl groups is 1. The Bertz CT molecular complexity index is 414. The van der Waals surface area contributed by atoms with E-state index in [1.54, 1.807) is 0 Å². The fourth-order valence-corrected chi connectivity index (χ4v) is 2.03. The maximum atomic E-state index is 10.0. The average molecular weight is 267 g/mol. The standard InChI is InChI=1S/C12H21N5O2/c1-4-13-9-14-10(16-11(15-9)19-5-2)17-7-6-12(3,18)8-17/h18H,4-8H2,1-3H3,(H,13,14,15,16). The van der Waals surface area contributed by atoms with Gasteiger partial charge in [0.2, 0.25) is 11.9 Å². The van der Waals surface area contributed by atoms with E-state index in [-0.39, 0.29) is 0 Å². The summed E-state index contributed by atoms with van der Waals surface area (Å²) < 4.78 is 5.35. The zero-order valence-electron chi connectivity index (χ0n) is 11.7.